The third-order valence-corrected chi connectivity index (χ3v) is 4.64. The highest BCUT2D eigenvalue weighted by Crippen LogP contribution is 2.35. The Morgan fingerprint density at radius 2 is 1.46 bits per heavy atom. The monoisotopic (exact) mass is 377 g/mol. The van der Waals surface area contributed by atoms with Crippen LogP contribution in [0.4, 0.5) is 0 Å². The van der Waals surface area contributed by atoms with Crippen LogP contribution in [-0.2, 0) is 4.74 Å². The Kier molecular flexibility index (Phi) is 4.19. The summed E-state index contributed by atoms with van der Waals surface area (Å²) in [7, 11) is 0. The zero-order chi connectivity index (χ0) is 19.8. The number of carbonyl (C=O) groups excluding carboxylic acids is 3. The Morgan fingerprint density at radius 1 is 0.893 bits per heavy atom. The molecule has 140 valence electrons. The average molecular weight is 377 g/mol. The van der Waals surface area contributed by atoms with E-state index in [2.05, 4.69) is 0 Å². The van der Waals surface area contributed by atoms with Crippen LogP contribution in [0, 0.1) is 0 Å². The fraction of sp³-hybridized carbons (Fsp3) is 0.0952. The summed E-state index contributed by atoms with van der Waals surface area (Å²) in [4.78, 5) is 37.9. The van der Waals surface area contributed by atoms with E-state index in [1.165, 1.54) is 0 Å². The van der Waals surface area contributed by atoms with Crippen molar-refractivity contribution in [1.82, 2.24) is 4.90 Å². The molecule has 0 saturated carbocycles. The van der Waals surface area contributed by atoms with Crippen LogP contribution in [0.2, 0.25) is 0 Å². The zero-order valence-electron chi connectivity index (χ0n) is 14.6. The summed E-state index contributed by atoms with van der Waals surface area (Å²) in [5, 5.41) is 21.1. The third kappa shape index (κ3) is 2.73. The summed E-state index contributed by atoms with van der Waals surface area (Å²) in [6.07, 6.45) is 0. The van der Waals surface area contributed by atoms with Gasteiger partial charge in [-0.3, -0.25) is 14.5 Å². The summed E-state index contributed by atoms with van der Waals surface area (Å²) < 4.78 is 5.11. The Hall–Kier alpha value is -3.87. The molecule has 0 spiro atoms. The van der Waals surface area contributed by atoms with Gasteiger partial charge in [-0.2, -0.15) is 0 Å². The van der Waals surface area contributed by atoms with Crippen LogP contribution >= 0.6 is 0 Å². The van der Waals surface area contributed by atoms with Crippen molar-refractivity contribution < 1.29 is 29.3 Å². The van der Waals surface area contributed by atoms with Gasteiger partial charge in [0.15, 0.2) is 0 Å². The molecule has 1 aliphatic rings. The first-order valence-electron chi connectivity index (χ1n) is 8.55. The van der Waals surface area contributed by atoms with E-state index in [1.54, 1.807) is 48.5 Å². The Labute approximate surface area is 159 Å². The number of esters is 1. The largest absolute Gasteiger partial charge is 0.507 e. The maximum Gasteiger partial charge on any atom is 0.342 e. The molecule has 0 bridgehead atoms. The van der Waals surface area contributed by atoms with Gasteiger partial charge in [-0.25, -0.2) is 4.79 Å². The standard InChI is InChI=1S/C21H15NO6/c23-17-11-16(18(24)13-6-2-1-5-12(13)17)21(27)28-10-9-22-19(25)14-7-3-4-8-15(14)20(22)26/h1-8,11,23-24H,9-10H2. The molecule has 1 heterocycles. The molecule has 4 rings (SSSR count). The second-order valence-corrected chi connectivity index (χ2v) is 6.28. The normalized spacial score (nSPS) is 13.1. The fourth-order valence-electron chi connectivity index (χ4n) is 3.25. The summed E-state index contributed by atoms with van der Waals surface area (Å²) in [5.74, 6) is -2.22. The fourth-order valence-corrected chi connectivity index (χ4v) is 3.25. The highest BCUT2D eigenvalue weighted by Gasteiger charge is 2.34. The molecule has 3 aromatic rings. The second-order valence-electron chi connectivity index (χ2n) is 6.28. The molecule has 0 fully saturated rings. The molecule has 0 atom stereocenters. The quantitative estimate of drug-likeness (QED) is 0.412. The van der Waals surface area contributed by atoms with E-state index >= 15 is 0 Å². The van der Waals surface area contributed by atoms with Crippen molar-refractivity contribution >= 4 is 28.6 Å². The molecule has 1 aliphatic heterocycles. The van der Waals surface area contributed by atoms with E-state index < -0.39 is 17.8 Å². The predicted octanol–water partition coefficient (Wildman–Crippen LogP) is 2.70. The number of hydrogen-bond donors (Lipinski definition) is 2. The van der Waals surface area contributed by atoms with E-state index in [4.69, 9.17) is 4.74 Å². The molecule has 7 nitrogen and oxygen atoms in total. The number of fused-ring (bicyclic) bond motifs is 2. The van der Waals surface area contributed by atoms with Gasteiger partial charge in [-0.1, -0.05) is 36.4 Å². The van der Waals surface area contributed by atoms with Crippen molar-refractivity contribution in [1.29, 1.82) is 0 Å². The Balaban J connectivity index is 1.48. The number of rotatable bonds is 4. The van der Waals surface area contributed by atoms with Crippen LogP contribution in [0.1, 0.15) is 31.1 Å². The first-order valence-corrected chi connectivity index (χ1v) is 8.55. The Bertz CT molecular complexity index is 1100. The smallest absolute Gasteiger partial charge is 0.342 e. The lowest BCUT2D eigenvalue weighted by Gasteiger charge is -2.14. The van der Waals surface area contributed by atoms with Crippen molar-refractivity contribution in [3.8, 4) is 11.5 Å². The number of imide groups is 1. The number of phenols is 2. The lowest BCUT2D eigenvalue weighted by Crippen LogP contribution is -2.33. The first-order chi connectivity index (χ1) is 13.5. The molecule has 3 aromatic carbocycles. The van der Waals surface area contributed by atoms with Crippen molar-refractivity contribution in [2.24, 2.45) is 0 Å². The van der Waals surface area contributed by atoms with Crippen LogP contribution in [0.5, 0.6) is 11.5 Å². The molecule has 2 amide bonds. The summed E-state index contributed by atoms with van der Waals surface area (Å²) in [6.45, 7) is -0.351. The van der Waals surface area contributed by atoms with Gasteiger partial charge in [-0.15, -0.1) is 0 Å². The lowest BCUT2D eigenvalue weighted by atomic mass is 10.0. The third-order valence-electron chi connectivity index (χ3n) is 4.64. The van der Waals surface area contributed by atoms with E-state index in [0.29, 0.717) is 21.9 Å². The van der Waals surface area contributed by atoms with Gasteiger partial charge in [0.2, 0.25) is 0 Å². The molecule has 2 N–H and O–H groups in total. The lowest BCUT2D eigenvalue weighted by molar-refractivity contribution is 0.0418. The maximum atomic E-state index is 12.3. The highest BCUT2D eigenvalue weighted by atomic mass is 16.5. The number of aromatic hydroxyl groups is 2. The van der Waals surface area contributed by atoms with Gasteiger partial charge < -0.3 is 14.9 Å². The van der Waals surface area contributed by atoms with Crippen molar-refractivity contribution in [3.63, 3.8) is 0 Å². The molecule has 0 saturated heterocycles. The number of carbonyl (C=O) groups is 3. The minimum Gasteiger partial charge on any atom is -0.507 e. The molecule has 0 aromatic heterocycles. The summed E-state index contributed by atoms with van der Waals surface area (Å²) in [6, 6.07) is 14.1. The molecule has 7 heteroatoms. The number of ether oxygens (including phenoxy) is 1. The number of benzene rings is 3. The van der Waals surface area contributed by atoms with Crippen LogP contribution in [-0.4, -0.2) is 46.0 Å². The highest BCUT2D eigenvalue weighted by molar-refractivity contribution is 6.21. The maximum absolute atomic E-state index is 12.3. The minimum absolute atomic E-state index is 0.113. The van der Waals surface area contributed by atoms with E-state index in [-0.39, 0.29) is 30.2 Å². The van der Waals surface area contributed by atoms with Crippen molar-refractivity contribution in [2.45, 2.75) is 0 Å². The number of nitrogens with zero attached hydrogens (tertiary/aromatic N) is 1. The average Bonchev–Trinajstić information content (AvgIpc) is 2.96. The van der Waals surface area contributed by atoms with Gasteiger partial charge in [0.05, 0.1) is 17.7 Å². The molecule has 0 aliphatic carbocycles. The van der Waals surface area contributed by atoms with Gasteiger partial charge in [0.25, 0.3) is 11.8 Å². The summed E-state index contributed by atoms with van der Waals surface area (Å²) >= 11 is 0. The molecule has 0 radical (unpaired) electrons. The van der Waals surface area contributed by atoms with Gasteiger partial charge >= 0.3 is 5.97 Å². The van der Waals surface area contributed by atoms with Crippen molar-refractivity contribution in [3.05, 3.63) is 71.3 Å². The van der Waals surface area contributed by atoms with Gasteiger partial charge in [0.1, 0.15) is 23.7 Å². The first kappa shape index (κ1) is 17.5. The van der Waals surface area contributed by atoms with E-state index in [1.807, 2.05) is 0 Å². The topological polar surface area (TPSA) is 104 Å². The molecular formula is C21H15NO6. The number of phenolic OH excluding ortho intramolecular Hbond substituents is 2. The SMILES string of the molecule is O=C(OCCN1C(=O)c2ccccc2C1=O)c1cc(O)c2ccccc2c1O. The number of amides is 2. The van der Waals surface area contributed by atoms with Crippen molar-refractivity contribution in [2.75, 3.05) is 13.2 Å². The molecular weight excluding hydrogens is 362 g/mol. The van der Waals surface area contributed by atoms with Gasteiger partial charge in [0, 0.05) is 10.8 Å². The minimum atomic E-state index is -0.866. The molecule has 28 heavy (non-hydrogen) atoms. The molecule has 0 unspecified atom stereocenters. The van der Waals surface area contributed by atoms with Crippen LogP contribution in [0.3, 0.4) is 0 Å². The van der Waals surface area contributed by atoms with Crippen LogP contribution < -0.4 is 0 Å². The van der Waals surface area contributed by atoms with E-state index in [0.717, 1.165) is 11.0 Å². The second kappa shape index (κ2) is 6.70. The summed E-state index contributed by atoms with van der Waals surface area (Å²) in [5.41, 5.74) is 0.436. The van der Waals surface area contributed by atoms with E-state index in [9.17, 15) is 24.6 Å². The van der Waals surface area contributed by atoms with Crippen LogP contribution in [0.15, 0.2) is 54.6 Å². The predicted molar refractivity (Wildman–Crippen MR) is 99.4 cm³/mol. The van der Waals surface area contributed by atoms with Crippen LogP contribution in [0.25, 0.3) is 10.8 Å². The Morgan fingerprint density at radius 3 is 2.11 bits per heavy atom. The number of hydrogen-bond acceptors (Lipinski definition) is 6. The zero-order valence-corrected chi connectivity index (χ0v) is 14.6. The van der Waals surface area contributed by atoms with Gasteiger partial charge in [-0.05, 0) is 18.2 Å².